The molecule has 0 aliphatic heterocycles. The van der Waals surface area contributed by atoms with Gasteiger partial charge in [0.25, 0.3) is 0 Å². The fourth-order valence-electron chi connectivity index (χ4n) is 1.88. The molecule has 0 atom stereocenters. The molecule has 0 amide bonds. The maximum absolute atomic E-state index is 10.4. The second-order valence-electron chi connectivity index (χ2n) is 3.90. The number of hydrogen-bond donors (Lipinski definition) is 1. The number of nitrogens with zero attached hydrogens (tertiary/aromatic N) is 2. The monoisotopic (exact) mass is 248 g/mol. The summed E-state index contributed by atoms with van der Waals surface area (Å²) in [5.74, 6) is -0.368. The Hall–Kier alpha value is -1.54. The predicted molar refractivity (Wildman–Crippen MR) is 64.0 cm³/mol. The van der Waals surface area contributed by atoms with E-state index in [9.17, 15) is 4.79 Å². The molecule has 88 valence electrons. The van der Waals surface area contributed by atoms with Crippen LogP contribution in [-0.4, -0.2) is 21.8 Å². The number of carbonyl (C=O) groups is 1. The summed E-state index contributed by atoms with van der Waals surface area (Å²) in [5.41, 5.74) is 2.81. The standard InChI is InChI=1S/C12H12N2O2S/c13-7-9-6-8-2-1-3-10(8)14-12(9)17-5-4-11(15)16/h6H,1-5H2,(H,15,16). The zero-order valence-electron chi connectivity index (χ0n) is 9.27. The minimum Gasteiger partial charge on any atom is -0.481 e. The largest absolute Gasteiger partial charge is 0.481 e. The van der Waals surface area contributed by atoms with E-state index in [4.69, 9.17) is 10.4 Å². The second kappa shape index (κ2) is 5.19. The van der Waals surface area contributed by atoms with Gasteiger partial charge in [0.15, 0.2) is 0 Å². The molecule has 1 N–H and O–H groups in total. The Balaban J connectivity index is 2.16. The zero-order valence-corrected chi connectivity index (χ0v) is 10.1. The van der Waals surface area contributed by atoms with Crippen LogP contribution in [0.2, 0.25) is 0 Å². The van der Waals surface area contributed by atoms with E-state index < -0.39 is 5.97 Å². The summed E-state index contributed by atoms with van der Waals surface area (Å²) >= 11 is 1.35. The van der Waals surface area contributed by atoms with Crippen LogP contribution >= 0.6 is 11.8 Å². The van der Waals surface area contributed by atoms with Gasteiger partial charge in [-0.2, -0.15) is 5.26 Å². The van der Waals surface area contributed by atoms with Gasteiger partial charge in [0.2, 0.25) is 0 Å². The molecule has 17 heavy (non-hydrogen) atoms. The Morgan fingerprint density at radius 3 is 3.12 bits per heavy atom. The van der Waals surface area contributed by atoms with Crippen LogP contribution < -0.4 is 0 Å². The molecule has 0 spiro atoms. The SMILES string of the molecule is N#Cc1cc2c(nc1SCCC(=O)O)CCC2. The number of aryl methyl sites for hydroxylation is 2. The van der Waals surface area contributed by atoms with Gasteiger partial charge in [-0.15, -0.1) is 11.8 Å². The Bertz CT molecular complexity index is 494. The van der Waals surface area contributed by atoms with Crippen molar-refractivity contribution in [2.24, 2.45) is 0 Å². The highest BCUT2D eigenvalue weighted by molar-refractivity contribution is 7.99. The molecule has 0 radical (unpaired) electrons. The molecule has 0 fully saturated rings. The van der Waals surface area contributed by atoms with Crippen molar-refractivity contribution in [2.75, 3.05) is 5.75 Å². The number of carboxylic acid groups (broad SMARTS) is 1. The highest BCUT2D eigenvalue weighted by Gasteiger charge is 2.16. The molecule has 5 heteroatoms. The first kappa shape index (κ1) is 11.9. The Morgan fingerprint density at radius 1 is 1.59 bits per heavy atom. The van der Waals surface area contributed by atoms with Crippen LogP contribution in [0.4, 0.5) is 0 Å². The van der Waals surface area contributed by atoms with Gasteiger partial charge in [-0.1, -0.05) is 0 Å². The van der Waals surface area contributed by atoms with Crippen molar-refractivity contribution in [3.05, 3.63) is 22.9 Å². The Morgan fingerprint density at radius 2 is 2.41 bits per heavy atom. The third-order valence-electron chi connectivity index (χ3n) is 2.69. The lowest BCUT2D eigenvalue weighted by Crippen LogP contribution is -1.99. The molecule has 2 rings (SSSR count). The van der Waals surface area contributed by atoms with Gasteiger partial charge < -0.3 is 5.11 Å². The third kappa shape index (κ3) is 2.77. The fraction of sp³-hybridized carbons (Fsp3) is 0.417. The van der Waals surface area contributed by atoms with Crippen molar-refractivity contribution in [1.82, 2.24) is 4.98 Å². The summed E-state index contributed by atoms with van der Waals surface area (Å²) in [6.45, 7) is 0. The average Bonchev–Trinajstić information content (AvgIpc) is 2.74. The van der Waals surface area contributed by atoms with Crippen molar-refractivity contribution in [3.63, 3.8) is 0 Å². The van der Waals surface area contributed by atoms with Crippen LogP contribution in [0.1, 0.15) is 29.7 Å². The first-order chi connectivity index (χ1) is 8.20. The minimum atomic E-state index is -0.822. The quantitative estimate of drug-likeness (QED) is 0.825. The average molecular weight is 248 g/mol. The molecule has 0 saturated carbocycles. The number of aromatic nitrogens is 1. The van der Waals surface area contributed by atoms with Gasteiger partial charge in [0.05, 0.1) is 12.0 Å². The van der Waals surface area contributed by atoms with Crippen LogP contribution in [0.3, 0.4) is 0 Å². The van der Waals surface area contributed by atoms with Gasteiger partial charge in [0, 0.05) is 11.4 Å². The topological polar surface area (TPSA) is 74.0 Å². The molecule has 0 aromatic carbocycles. The van der Waals surface area contributed by atoms with Gasteiger partial charge in [-0.3, -0.25) is 4.79 Å². The lowest BCUT2D eigenvalue weighted by Gasteiger charge is -2.05. The highest BCUT2D eigenvalue weighted by atomic mass is 32.2. The molecule has 1 aromatic rings. The lowest BCUT2D eigenvalue weighted by molar-refractivity contribution is -0.136. The van der Waals surface area contributed by atoms with Crippen molar-refractivity contribution < 1.29 is 9.90 Å². The number of carboxylic acids is 1. The fourth-order valence-corrected chi connectivity index (χ4v) is 2.78. The maximum atomic E-state index is 10.4. The van der Waals surface area contributed by atoms with Gasteiger partial charge in [-0.05, 0) is 30.9 Å². The van der Waals surface area contributed by atoms with E-state index in [0.29, 0.717) is 16.3 Å². The summed E-state index contributed by atoms with van der Waals surface area (Å²) in [4.78, 5) is 14.9. The predicted octanol–water partition coefficient (Wildman–Crippen LogP) is 2.01. The maximum Gasteiger partial charge on any atom is 0.304 e. The van der Waals surface area contributed by atoms with Crippen LogP contribution in [0.15, 0.2) is 11.1 Å². The van der Waals surface area contributed by atoms with Gasteiger partial charge in [-0.25, -0.2) is 4.98 Å². The summed E-state index contributed by atoms with van der Waals surface area (Å²) in [6.07, 6.45) is 3.15. The van der Waals surface area contributed by atoms with E-state index in [-0.39, 0.29) is 6.42 Å². The summed E-state index contributed by atoms with van der Waals surface area (Å²) in [5, 5.41) is 18.3. The molecule has 1 heterocycles. The molecule has 1 aliphatic rings. The smallest absolute Gasteiger partial charge is 0.304 e. The van der Waals surface area contributed by atoms with E-state index in [1.807, 2.05) is 6.07 Å². The highest BCUT2D eigenvalue weighted by Crippen LogP contribution is 2.27. The second-order valence-corrected chi connectivity index (χ2v) is 4.99. The summed E-state index contributed by atoms with van der Waals surface area (Å²) < 4.78 is 0. The normalized spacial score (nSPS) is 13.1. The number of thioether (sulfide) groups is 1. The molecular weight excluding hydrogens is 236 g/mol. The third-order valence-corrected chi connectivity index (χ3v) is 3.68. The minimum absolute atomic E-state index is 0.0916. The molecule has 1 aliphatic carbocycles. The van der Waals surface area contributed by atoms with Crippen molar-refractivity contribution >= 4 is 17.7 Å². The first-order valence-electron chi connectivity index (χ1n) is 5.48. The molecule has 0 unspecified atom stereocenters. The van der Waals surface area contributed by atoms with Crippen molar-refractivity contribution in [2.45, 2.75) is 30.7 Å². The molecular formula is C12H12N2O2S. The van der Waals surface area contributed by atoms with E-state index in [0.717, 1.165) is 25.0 Å². The van der Waals surface area contributed by atoms with Crippen LogP contribution in [0, 0.1) is 11.3 Å². The van der Waals surface area contributed by atoms with Crippen LogP contribution in [0.25, 0.3) is 0 Å². The Labute approximate surface area is 104 Å². The molecule has 0 saturated heterocycles. The van der Waals surface area contributed by atoms with E-state index in [2.05, 4.69) is 11.1 Å². The van der Waals surface area contributed by atoms with E-state index in [1.54, 1.807) is 0 Å². The summed E-state index contributed by atoms with van der Waals surface area (Å²) in [7, 11) is 0. The van der Waals surface area contributed by atoms with Crippen LogP contribution in [-0.2, 0) is 17.6 Å². The number of fused-ring (bicyclic) bond motifs is 1. The number of pyridine rings is 1. The molecule has 4 nitrogen and oxygen atoms in total. The van der Waals surface area contributed by atoms with Crippen molar-refractivity contribution in [1.29, 1.82) is 5.26 Å². The van der Waals surface area contributed by atoms with Crippen LogP contribution in [0.5, 0.6) is 0 Å². The van der Waals surface area contributed by atoms with E-state index >= 15 is 0 Å². The molecule has 1 aromatic heterocycles. The van der Waals surface area contributed by atoms with Gasteiger partial charge >= 0.3 is 5.97 Å². The number of nitriles is 1. The van der Waals surface area contributed by atoms with E-state index in [1.165, 1.54) is 17.3 Å². The first-order valence-corrected chi connectivity index (χ1v) is 6.46. The number of hydrogen-bond acceptors (Lipinski definition) is 4. The molecule has 0 bridgehead atoms. The summed E-state index contributed by atoms with van der Waals surface area (Å²) in [6, 6.07) is 4.03. The van der Waals surface area contributed by atoms with Crippen molar-refractivity contribution in [3.8, 4) is 6.07 Å². The zero-order chi connectivity index (χ0) is 12.3. The number of aliphatic carboxylic acids is 1. The van der Waals surface area contributed by atoms with Gasteiger partial charge in [0.1, 0.15) is 11.1 Å². The lowest BCUT2D eigenvalue weighted by atomic mass is 10.2. The number of rotatable bonds is 4. The Kier molecular flexibility index (Phi) is 3.64.